The third-order valence-electron chi connectivity index (χ3n) is 1.99. The average Bonchev–Trinajstić information content (AvgIpc) is 2.18. The van der Waals surface area contributed by atoms with E-state index in [0.717, 1.165) is 0 Å². The normalized spacial score (nSPS) is 9.69. The largest absolute Gasteiger partial charge is 0.530 e. The molecule has 16 heavy (non-hydrogen) atoms. The number of aryl methyl sites for hydroxylation is 1. The zero-order chi connectivity index (χ0) is 12.3. The molecule has 0 atom stereocenters. The van der Waals surface area contributed by atoms with Crippen molar-refractivity contribution in [1.29, 1.82) is 0 Å². The van der Waals surface area contributed by atoms with Gasteiger partial charge < -0.3 is 20.0 Å². The fourth-order valence-corrected chi connectivity index (χ4v) is 1.29. The van der Waals surface area contributed by atoms with E-state index in [9.17, 15) is 14.7 Å². The maximum Gasteiger partial charge on any atom is 0.237 e. The van der Waals surface area contributed by atoms with Gasteiger partial charge in [-0.05, 0) is 19.9 Å². The molecule has 1 amide bonds. The lowest BCUT2D eigenvalue weighted by molar-refractivity contribution is -0.242. The molecule has 0 aliphatic carbocycles. The predicted molar refractivity (Wildman–Crippen MR) is 54.5 cm³/mol. The summed E-state index contributed by atoms with van der Waals surface area (Å²) in [7, 11) is 1.36. The van der Waals surface area contributed by atoms with Crippen molar-refractivity contribution in [2.75, 3.05) is 12.4 Å². The number of amides is 1. The maximum absolute atomic E-state index is 11.2. The van der Waals surface area contributed by atoms with Gasteiger partial charge in [-0.2, -0.15) is 0 Å². The van der Waals surface area contributed by atoms with E-state index in [-0.39, 0.29) is 17.4 Å². The number of hydrogen-bond donors (Lipinski definition) is 1. The number of nitrogens with zero attached hydrogens (tertiary/aromatic N) is 1. The first kappa shape index (κ1) is 12.0. The molecule has 1 rings (SSSR count). The molecule has 0 radical (unpaired) electrons. The minimum atomic E-state index is -1.49. The van der Waals surface area contributed by atoms with Crippen LogP contribution in [0.1, 0.15) is 23.0 Å². The quantitative estimate of drug-likeness (QED) is 0.747. The molecular weight excluding hydrogens is 212 g/mol. The molecule has 0 aromatic carbocycles. The first-order valence-electron chi connectivity index (χ1n) is 4.50. The number of ether oxygens (including phenoxy) is 1. The molecule has 0 saturated carbocycles. The summed E-state index contributed by atoms with van der Waals surface area (Å²) in [6, 6.07) is 1.37. The van der Waals surface area contributed by atoms with E-state index in [2.05, 4.69) is 4.98 Å². The van der Waals surface area contributed by atoms with Crippen LogP contribution in [0, 0.1) is 6.92 Å². The van der Waals surface area contributed by atoms with Crippen molar-refractivity contribution < 1.29 is 19.4 Å². The van der Waals surface area contributed by atoms with Gasteiger partial charge in [-0.25, -0.2) is 4.98 Å². The Kier molecular flexibility index (Phi) is 3.44. The van der Waals surface area contributed by atoms with Crippen LogP contribution in [0.2, 0.25) is 0 Å². The van der Waals surface area contributed by atoms with Crippen molar-refractivity contribution in [2.24, 2.45) is 0 Å². The minimum Gasteiger partial charge on any atom is -0.530 e. The summed E-state index contributed by atoms with van der Waals surface area (Å²) >= 11 is 0. The fraction of sp³-hybridized carbons (Fsp3) is 0.300. The van der Waals surface area contributed by atoms with Crippen LogP contribution < -0.4 is 15.2 Å². The highest BCUT2D eigenvalue weighted by atomic mass is 16.5. The molecule has 0 fully saturated rings. The summed E-state index contributed by atoms with van der Waals surface area (Å²) in [4.78, 5) is 25.6. The van der Waals surface area contributed by atoms with Crippen LogP contribution in [0.25, 0.3) is 0 Å². The molecule has 6 heteroatoms. The van der Waals surface area contributed by atoms with E-state index >= 15 is 0 Å². The second-order valence-electron chi connectivity index (χ2n) is 3.15. The van der Waals surface area contributed by atoms with Gasteiger partial charge >= 0.3 is 0 Å². The van der Waals surface area contributed by atoms with Crippen molar-refractivity contribution in [3.8, 4) is 5.88 Å². The molecule has 0 spiro atoms. The van der Waals surface area contributed by atoms with Crippen molar-refractivity contribution in [3.63, 3.8) is 0 Å². The van der Waals surface area contributed by atoms with Gasteiger partial charge in [0.2, 0.25) is 5.88 Å². The number of pyridine rings is 1. The molecule has 0 aliphatic heterocycles. The third kappa shape index (κ3) is 2.47. The van der Waals surface area contributed by atoms with Gasteiger partial charge in [-0.15, -0.1) is 0 Å². The summed E-state index contributed by atoms with van der Waals surface area (Å²) in [5.74, 6) is -0.0965. The lowest BCUT2D eigenvalue weighted by Crippen LogP contribution is -2.29. The second-order valence-corrected chi connectivity index (χ2v) is 3.15. The topological polar surface area (TPSA) is 91.3 Å². The van der Waals surface area contributed by atoms with E-state index in [1.807, 2.05) is 5.32 Å². The molecule has 1 N–H and O–H groups in total. The van der Waals surface area contributed by atoms with Crippen molar-refractivity contribution in [2.45, 2.75) is 13.8 Å². The van der Waals surface area contributed by atoms with Gasteiger partial charge in [0.1, 0.15) is 11.8 Å². The zero-order valence-corrected chi connectivity index (χ0v) is 9.16. The molecule has 1 aromatic rings. The molecular formula is C10H11N2O4-. The van der Waals surface area contributed by atoms with Crippen LogP contribution in [0.3, 0.4) is 0 Å². The maximum atomic E-state index is 11.2. The van der Waals surface area contributed by atoms with Crippen LogP contribution in [0.4, 0.5) is 10.5 Å². The van der Waals surface area contributed by atoms with Gasteiger partial charge in [0, 0.05) is 5.56 Å². The number of aromatic nitrogens is 1. The fourth-order valence-electron chi connectivity index (χ4n) is 1.29. The zero-order valence-electron chi connectivity index (χ0n) is 9.16. The monoisotopic (exact) mass is 223 g/mol. The van der Waals surface area contributed by atoms with E-state index in [0.29, 0.717) is 11.3 Å². The highest BCUT2D eigenvalue weighted by Crippen LogP contribution is 2.24. The van der Waals surface area contributed by atoms with Crippen LogP contribution in [0.15, 0.2) is 6.07 Å². The van der Waals surface area contributed by atoms with Gasteiger partial charge in [-0.3, -0.25) is 4.79 Å². The standard InChI is InChI=1S/C10H12N2O4/c1-5-7(6(2)13)4-8(12-10(14)15)9(11-5)16-3/h4,12H,1-3H3,(H,14,15)/p-1. The smallest absolute Gasteiger partial charge is 0.237 e. The van der Waals surface area contributed by atoms with Gasteiger partial charge in [0.15, 0.2) is 5.78 Å². The number of carbonyl (C=O) groups is 2. The highest BCUT2D eigenvalue weighted by molar-refractivity contribution is 5.97. The Bertz CT molecular complexity index is 443. The van der Waals surface area contributed by atoms with Crippen LogP contribution in [-0.2, 0) is 0 Å². The first-order valence-corrected chi connectivity index (χ1v) is 4.50. The Morgan fingerprint density at radius 1 is 1.50 bits per heavy atom. The Labute approximate surface area is 92.3 Å². The van der Waals surface area contributed by atoms with E-state index in [1.165, 1.54) is 20.1 Å². The highest BCUT2D eigenvalue weighted by Gasteiger charge is 2.12. The number of carboxylic acid groups (broad SMARTS) is 1. The van der Waals surface area contributed by atoms with Crippen molar-refractivity contribution in [3.05, 3.63) is 17.3 Å². The van der Waals surface area contributed by atoms with E-state index in [1.54, 1.807) is 6.92 Å². The predicted octanol–water partition coefficient (Wildman–Crippen LogP) is 0.356. The number of Topliss-reactive ketones (excluding diaryl/α,β-unsaturated/α-hetero) is 1. The Morgan fingerprint density at radius 2 is 2.12 bits per heavy atom. The summed E-state index contributed by atoms with van der Waals surface area (Å²) in [5, 5.41) is 12.4. The van der Waals surface area contributed by atoms with Crippen LogP contribution in [-0.4, -0.2) is 24.0 Å². The number of carbonyl (C=O) groups excluding carboxylic acids is 2. The number of hydrogen-bond acceptors (Lipinski definition) is 5. The minimum absolute atomic E-state index is 0.0956. The van der Waals surface area contributed by atoms with Gasteiger partial charge in [0.25, 0.3) is 0 Å². The average molecular weight is 223 g/mol. The number of methoxy groups -OCH3 is 1. The number of ketones is 1. The van der Waals surface area contributed by atoms with Crippen LogP contribution in [0.5, 0.6) is 5.88 Å². The molecule has 86 valence electrons. The Morgan fingerprint density at radius 3 is 2.56 bits per heavy atom. The molecule has 6 nitrogen and oxygen atoms in total. The molecule has 0 aliphatic rings. The lowest BCUT2D eigenvalue weighted by atomic mass is 10.1. The molecule has 0 unspecified atom stereocenters. The lowest BCUT2D eigenvalue weighted by Gasteiger charge is -2.13. The van der Waals surface area contributed by atoms with Crippen molar-refractivity contribution in [1.82, 2.24) is 4.98 Å². The van der Waals surface area contributed by atoms with E-state index in [4.69, 9.17) is 4.74 Å². The summed E-state index contributed by atoms with van der Waals surface area (Å²) in [6.07, 6.45) is -1.49. The number of anilines is 1. The summed E-state index contributed by atoms with van der Waals surface area (Å²) in [6.45, 7) is 3.02. The SMILES string of the molecule is COc1nc(C)c(C(C)=O)cc1NC(=O)[O-]. The first-order chi connectivity index (χ1) is 7.45. The van der Waals surface area contributed by atoms with Crippen LogP contribution >= 0.6 is 0 Å². The number of nitrogens with one attached hydrogen (secondary N) is 1. The van der Waals surface area contributed by atoms with Crippen molar-refractivity contribution >= 4 is 17.6 Å². The van der Waals surface area contributed by atoms with Gasteiger partial charge in [0.05, 0.1) is 12.8 Å². The Hall–Kier alpha value is -2.11. The summed E-state index contributed by atoms with van der Waals surface area (Å²) in [5.41, 5.74) is 0.913. The van der Waals surface area contributed by atoms with Gasteiger partial charge in [-0.1, -0.05) is 0 Å². The molecule has 0 bridgehead atoms. The Balaban J connectivity index is 3.28. The van der Waals surface area contributed by atoms with E-state index < -0.39 is 6.09 Å². The summed E-state index contributed by atoms with van der Waals surface area (Å²) < 4.78 is 4.89. The second kappa shape index (κ2) is 4.61. The molecule has 0 saturated heterocycles. The molecule has 1 heterocycles. The molecule has 1 aromatic heterocycles. The third-order valence-corrected chi connectivity index (χ3v) is 1.99. The number of rotatable bonds is 3.